The zero-order chi connectivity index (χ0) is 10.0. The fourth-order valence-corrected chi connectivity index (χ4v) is 1.31. The van der Waals surface area contributed by atoms with Crippen LogP contribution in [0.3, 0.4) is 0 Å². The van der Waals surface area contributed by atoms with Gasteiger partial charge >= 0.3 is 7.12 Å². The van der Waals surface area contributed by atoms with Gasteiger partial charge in [0.05, 0.1) is 0 Å². The van der Waals surface area contributed by atoms with Crippen molar-refractivity contribution in [3.05, 3.63) is 28.3 Å². The molecule has 0 saturated heterocycles. The lowest BCUT2D eigenvalue weighted by atomic mass is 9.79. The van der Waals surface area contributed by atoms with E-state index in [0.29, 0.717) is 17.4 Å². The van der Waals surface area contributed by atoms with Crippen LogP contribution in [0.4, 0.5) is 0 Å². The van der Waals surface area contributed by atoms with E-state index in [1.54, 1.807) is 6.92 Å². The third-order valence-corrected chi connectivity index (χ3v) is 2.12. The summed E-state index contributed by atoms with van der Waals surface area (Å²) in [5.41, 5.74) is 1.33. The van der Waals surface area contributed by atoms with Gasteiger partial charge in [0, 0.05) is 16.0 Å². The van der Waals surface area contributed by atoms with Crippen molar-refractivity contribution in [1.82, 2.24) is 0 Å². The highest BCUT2D eigenvalue weighted by atomic mass is 35.5. The summed E-state index contributed by atoms with van der Waals surface area (Å²) in [4.78, 5) is 10.5. The number of halogens is 1. The molecule has 68 valence electrons. The maximum absolute atomic E-state index is 10.5. The van der Waals surface area contributed by atoms with Crippen LogP contribution in [0.15, 0.2) is 12.1 Å². The molecule has 0 unspecified atom stereocenters. The summed E-state index contributed by atoms with van der Waals surface area (Å²) in [7, 11) is -1.60. The zero-order valence-electron chi connectivity index (χ0n) is 6.99. The molecular formula is C8H8BClO3. The van der Waals surface area contributed by atoms with E-state index in [0.717, 1.165) is 0 Å². The molecule has 5 heteroatoms. The van der Waals surface area contributed by atoms with E-state index in [2.05, 4.69) is 0 Å². The number of aldehydes is 1. The second kappa shape index (κ2) is 3.92. The lowest BCUT2D eigenvalue weighted by molar-refractivity contribution is 0.112. The highest BCUT2D eigenvalue weighted by Gasteiger charge is 2.16. The molecule has 0 saturated carbocycles. The first-order chi connectivity index (χ1) is 6.06. The van der Waals surface area contributed by atoms with E-state index in [9.17, 15) is 4.79 Å². The quantitative estimate of drug-likeness (QED) is 0.525. The van der Waals surface area contributed by atoms with E-state index in [4.69, 9.17) is 21.6 Å². The van der Waals surface area contributed by atoms with E-state index < -0.39 is 7.12 Å². The molecule has 3 nitrogen and oxygen atoms in total. The molecule has 2 N–H and O–H groups in total. The molecule has 1 rings (SSSR count). The van der Waals surface area contributed by atoms with Crippen molar-refractivity contribution in [2.45, 2.75) is 6.92 Å². The first-order valence-electron chi connectivity index (χ1n) is 3.67. The number of hydrogen-bond acceptors (Lipinski definition) is 3. The molecular weight excluding hydrogens is 190 g/mol. The van der Waals surface area contributed by atoms with E-state index >= 15 is 0 Å². The lowest BCUT2D eigenvalue weighted by Gasteiger charge is -2.05. The molecule has 0 atom stereocenters. The normalized spacial score (nSPS) is 9.85. The minimum absolute atomic E-state index is 0.183. The van der Waals surface area contributed by atoms with Gasteiger partial charge in [0.15, 0.2) is 0 Å². The van der Waals surface area contributed by atoms with Crippen LogP contribution in [-0.4, -0.2) is 23.5 Å². The van der Waals surface area contributed by atoms with Crippen LogP contribution in [0.5, 0.6) is 0 Å². The third kappa shape index (κ3) is 2.09. The molecule has 0 aromatic heterocycles. The molecule has 1 aromatic carbocycles. The Kier molecular flexibility index (Phi) is 3.09. The van der Waals surface area contributed by atoms with Gasteiger partial charge in [0.1, 0.15) is 6.29 Å². The Bertz CT molecular complexity index is 338. The van der Waals surface area contributed by atoms with Crippen LogP contribution in [-0.2, 0) is 0 Å². The van der Waals surface area contributed by atoms with Crippen molar-refractivity contribution in [2.75, 3.05) is 0 Å². The molecule has 0 aliphatic rings. The summed E-state index contributed by atoms with van der Waals surface area (Å²) in [5, 5.41) is 17.9. The van der Waals surface area contributed by atoms with Crippen molar-refractivity contribution in [1.29, 1.82) is 0 Å². The van der Waals surface area contributed by atoms with Gasteiger partial charge < -0.3 is 10.0 Å². The van der Waals surface area contributed by atoms with Crippen LogP contribution in [0.1, 0.15) is 15.9 Å². The van der Waals surface area contributed by atoms with Crippen molar-refractivity contribution >= 4 is 30.5 Å². The average Bonchev–Trinajstić information content (AvgIpc) is 2.07. The van der Waals surface area contributed by atoms with Crippen molar-refractivity contribution < 1.29 is 14.8 Å². The molecule has 0 bridgehead atoms. The van der Waals surface area contributed by atoms with Crippen molar-refractivity contribution in [2.24, 2.45) is 0 Å². The van der Waals surface area contributed by atoms with E-state index in [1.807, 2.05) is 0 Å². The monoisotopic (exact) mass is 198 g/mol. The molecule has 0 radical (unpaired) electrons. The second-order valence-corrected chi connectivity index (χ2v) is 3.13. The number of rotatable bonds is 2. The van der Waals surface area contributed by atoms with E-state index in [1.165, 1.54) is 12.1 Å². The summed E-state index contributed by atoms with van der Waals surface area (Å²) in [5.74, 6) is 0. The average molecular weight is 198 g/mol. The van der Waals surface area contributed by atoms with Crippen LogP contribution >= 0.6 is 11.6 Å². The molecule has 13 heavy (non-hydrogen) atoms. The molecule has 1 aromatic rings. The third-order valence-electron chi connectivity index (χ3n) is 1.79. The van der Waals surface area contributed by atoms with Gasteiger partial charge in [0.2, 0.25) is 0 Å². The van der Waals surface area contributed by atoms with Crippen LogP contribution < -0.4 is 5.46 Å². The molecule has 0 spiro atoms. The largest absolute Gasteiger partial charge is 0.489 e. The SMILES string of the molecule is Cc1cc(B(O)O)c(Cl)cc1C=O. The minimum atomic E-state index is -1.60. The minimum Gasteiger partial charge on any atom is -0.423 e. The van der Waals surface area contributed by atoms with Gasteiger partial charge in [-0.3, -0.25) is 4.79 Å². The summed E-state index contributed by atoms with van der Waals surface area (Å²) in [6, 6.07) is 2.90. The topological polar surface area (TPSA) is 57.5 Å². The van der Waals surface area contributed by atoms with Gasteiger partial charge in [0.25, 0.3) is 0 Å². The first-order valence-corrected chi connectivity index (χ1v) is 4.05. The smallest absolute Gasteiger partial charge is 0.423 e. The lowest BCUT2D eigenvalue weighted by Crippen LogP contribution is -2.31. The molecule has 0 heterocycles. The van der Waals surface area contributed by atoms with Gasteiger partial charge in [-0.2, -0.15) is 0 Å². The molecule has 0 aliphatic heterocycles. The molecule has 0 amide bonds. The zero-order valence-corrected chi connectivity index (χ0v) is 7.75. The fraction of sp³-hybridized carbons (Fsp3) is 0.125. The molecule has 0 fully saturated rings. The summed E-state index contributed by atoms with van der Waals surface area (Å²) < 4.78 is 0. The number of aryl methyl sites for hydroxylation is 1. The Morgan fingerprint density at radius 1 is 1.46 bits per heavy atom. The van der Waals surface area contributed by atoms with Gasteiger partial charge in [-0.25, -0.2) is 0 Å². The van der Waals surface area contributed by atoms with Crippen LogP contribution in [0.2, 0.25) is 5.02 Å². The van der Waals surface area contributed by atoms with Crippen LogP contribution in [0, 0.1) is 6.92 Å². The maximum Gasteiger partial charge on any atom is 0.489 e. The maximum atomic E-state index is 10.5. The fourth-order valence-electron chi connectivity index (χ4n) is 1.04. The van der Waals surface area contributed by atoms with Crippen molar-refractivity contribution in [3.63, 3.8) is 0 Å². The van der Waals surface area contributed by atoms with Crippen LogP contribution in [0.25, 0.3) is 0 Å². The highest BCUT2D eigenvalue weighted by molar-refractivity contribution is 6.62. The Balaban J connectivity index is 3.28. The summed E-state index contributed by atoms with van der Waals surface area (Å²) in [6.45, 7) is 1.70. The number of carbonyl (C=O) groups excluding carboxylic acids is 1. The standard InChI is InChI=1S/C8H8BClO3/c1-5-2-7(9(12)13)8(10)3-6(5)4-11/h2-4,12-13H,1H3. The number of benzene rings is 1. The van der Waals surface area contributed by atoms with E-state index in [-0.39, 0.29) is 10.5 Å². The number of carbonyl (C=O) groups is 1. The number of hydrogen-bond donors (Lipinski definition) is 2. The highest BCUT2D eigenvalue weighted by Crippen LogP contribution is 2.12. The predicted octanol–water partition coefficient (Wildman–Crippen LogP) is 0.141. The summed E-state index contributed by atoms with van der Waals surface area (Å²) >= 11 is 5.70. The first kappa shape index (κ1) is 10.2. The Morgan fingerprint density at radius 3 is 2.54 bits per heavy atom. The van der Waals surface area contributed by atoms with Crippen molar-refractivity contribution in [3.8, 4) is 0 Å². The molecule has 0 aliphatic carbocycles. The predicted molar refractivity (Wildman–Crippen MR) is 51.4 cm³/mol. The van der Waals surface area contributed by atoms with Gasteiger partial charge in [-0.1, -0.05) is 17.7 Å². The Hall–Kier alpha value is -0.835. The summed E-state index contributed by atoms with van der Waals surface area (Å²) in [6.07, 6.45) is 0.675. The Labute approximate surface area is 81.1 Å². The Morgan fingerprint density at radius 2 is 2.08 bits per heavy atom. The second-order valence-electron chi connectivity index (χ2n) is 2.72. The van der Waals surface area contributed by atoms with Gasteiger partial charge in [-0.15, -0.1) is 0 Å². The van der Waals surface area contributed by atoms with Gasteiger partial charge in [-0.05, 0) is 18.6 Å².